The molecule has 1 rings (SSSR count). The number of aliphatic carboxylic acids is 1. The summed E-state index contributed by atoms with van der Waals surface area (Å²) in [5.41, 5.74) is 6.63. The highest BCUT2D eigenvalue weighted by Gasteiger charge is 2.32. The minimum atomic E-state index is -0.998. The van der Waals surface area contributed by atoms with Gasteiger partial charge in [-0.05, 0) is 31.5 Å². The van der Waals surface area contributed by atoms with Crippen LogP contribution in [0.3, 0.4) is 0 Å². The summed E-state index contributed by atoms with van der Waals surface area (Å²) in [5, 5.41) is 9.92. The molecular formula is C12H15Cl2NO2S. The summed E-state index contributed by atoms with van der Waals surface area (Å²) in [4.78, 5) is 10.9. The van der Waals surface area contributed by atoms with Gasteiger partial charge in [0.1, 0.15) is 6.04 Å². The van der Waals surface area contributed by atoms with Crippen LogP contribution in [0.15, 0.2) is 18.2 Å². The van der Waals surface area contributed by atoms with E-state index in [0.717, 1.165) is 5.56 Å². The molecule has 0 aliphatic carbocycles. The molecule has 0 spiro atoms. The van der Waals surface area contributed by atoms with Crippen LogP contribution < -0.4 is 5.73 Å². The maximum Gasteiger partial charge on any atom is 0.321 e. The molecule has 0 aromatic heterocycles. The maximum atomic E-state index is 10.9. The van der Waals surface area contributed by atoms with Crippen LogP contribution in [-0.2, 0) is 10.5 Å². The van der Waals surface area contributed by atoms with Crippen LogP contribution in [0.2, 0.25) is 10.0 Å². The van der Waals surface area contributed by atoms with E-state index in [2.05, 4.69) is 0 Å². The van der Waals surface area contributed by atoms with E-state index in [1.54, 1.807) is 12.1 Å². The molecule has 0 saturated carbocycles. The molecule has 18 heavy (non-hydrogen) atoms. The molecule has 0 aliphatic rings. The van der Waals surface area contributed by atoms with Gasteiger partial charge < -0.3 is 10.8 Å². The fourth-order valence-corrected chi connectivity index (χ4v) is 2.61. The Hall–Kier alpha value is -0.420. The predicted molar refractivity (Wildman–Crippen MR) is 77.4 cm³/mol. The van der Waals surface area contributed by atoms with Gasteiger partial charge >= 0.3 is 5.97 Å². The van der Waals surface area contributed by atoms with E-state index in [-0.39, 0.29) is 0 Å². The summed E-state index contributed by atoms with van der Waals surface area (Å²) >= 11 is 13.2. The Bertz CT molecular complexity index is 452. The first kappa shape index (κ1) is 15.6. The molecule has 0 aliphatic heterocycles. The van der Waals surface area contributed by atoms with Crippen molar-refractivity contribution in [1.29, 1.82) is 0 Å². The smallest absolute Gasteiger partial charge is 0.321 e. The lowest BCUT2D eigenvalue weighted by molar-refractivity contribution is -0.139. The van der Waals surface area contributed by atoms with E-state index in [4.69, 9.17) is 34.0 Å². The zero-order chi connectivity index (χ0) is 13.9. The third-order valence-corrected chi connectivity index (χ3v) is 4.82. The van der Waals surface area contributed by atoms with E-state index in [0.29, 0.717) is 15.8 Å². The van der Waals surface area contributed by atoms with Gasteiger partial charge in [0.25, 0.3) is 0 Å². The lowest BCUT2D eigenvalue weighted by atomic mass is 10.1. The molecule has 0 bridgehead atoms. The Balaban J connectivity index is 2.69. The van der Waals surface area contributed by atoms with Crippen LogP contribution in [0.5, 0.6) is 0 Å². The summed E-state index contributed by atoms with van der Waals surface area (Å²) < 4.78 is -0.558. The molecule has 0 heterocycles. The van der Waals surface area contributed by atoms with Gasteiger partial charge in [0.2, 0.25) is 0 Å². The van der Waals surface area contributed by atoms with Crippen LogP contribution in [0.1, 0.15) is 19.4 Å². The number of rotatable bonds is 5. The van der Waals surface area contributed by atoms with Crippen molar-refractivity contribution in [3.63, 3.8) is 0 Å². The molecule has 0 fully saturated rings. The van der Waals surface area contributed by atoms with Gasteiger partial charge in [-0.2, -0.15) is 0 Å². The normalized spacial score (nSPS) is 13.4. The molecule has 100 valence electrons. The summed E-state index contributed by atoms with van der Waals surface area (Å²) in [7, 11) is 0. The number of hydrogen-bond acceptors (Lipinski definition) is 3. The second-order valence-corrected chi connectivity index (χ2v) is 6.90. The van der Waals surface area contributed by atoms with E-state index in [1.165, 1.54) is 11.8 Å². The standard InChI is InChI=1S/C12H15Cl2NO2S/c1-12(2,10(15)11(16)17)18-6-7-3-4-8(13)9(14)5-7/h3-5,10H,6,15H2,1-2H3,(H,16,17)/t10-/m0/s1. The number of hydrogen-bond donors (Lipinski definition) is 2. The van der Waals surface area contributed by atoms with Crippen molar-refractivity contribution in [1.82, 2.24) is 0 Å². The number of nitrogens with two attached hydrogens (primary N) is 1. The summed E-state index contributed by atoms with van der Waals surface area (Å²) in [6, 6.07) is 4.46. The fraction of sp³-hybridized carbons (Fsp3) is 0.417. The first-order valence-electron chi connectivity index (χ1n) is 5.30. The van der Waals surface area contributed by atoms with Crippen LogP contribution in [0.25, 0.3) is 0 Å². The Morgan fingerprint density at radius 2 is 2.06 bits per heavy atom. The second kappa shape index (κ2) is 6.15. The quantitative estimate of drug-likeness (QED) is 0.875. The first-order chi connectivity index (χ1) is 8.24. The Kier molecular flexibility index (Phi) is 5.34. The number of carbonyl (C=O) groups is 1. The van der Waals surface area contributed by atoms with Crippen molar-refractivity contribution in [2.45, 2.75) is 30.4 Å². The molecule has 0 radical (unpaired) electrons. The van der Waals surface area contributed by atoms with Gasteiger partial charge in [-0.3, -0.25) is 4.79 Å². The monoisotopic (exact) mass is 307 g/mol. The Labute approximate surface area is 121 Å². The van der Waals surface area contributed by atoms with Crippen LogP contribution in [-0.4, -0.2) is 21.9 Å². The topological polar surface area (TPSA) is 63.3 Å². The second-order valence-electron chi connectivity index (χ2n) is 4.46. The van der Waals surface area contributed by atoms with Crippen molar-refractivity contribution in [2.75, 3.05) is 0 Å². The van der Waals surface area contributed by atoms with Gasteiger partial charge in [0.05, 0.1) is 10.0 Å². The molecule has 0 unspecified atom stereocenters. The summed E-state index contributed by atoms with van der Waals surface area (Å²) in [5.74, 6) is -0.369. The average molecular weight is 308 g/mol. The molecule has 0 amide bonds. The zero-order valence-electron chi connectivity index (χ0n) is 10.1. The highest BCUT2D eigenvalue weighted by molar-refractivity contribution is 7.99. The van der Waals surface area contributed by atoms with Crippen molar-refractivity contribution in [3.8, 4) is 0 Å². The molecule has 1 atom stereocenters. The average Bonchev–Trinajstić information content (AvgIpc) is 2.29. The van der Waals surface area contributed by atoms with E-state index >= 15 is 0 Å². The van der Waals surface area contributed by atoms with Crippen molar-refractivity contribution < 1.29 is 9.90 Å². The summed E-state index contributed by atoms with van der Waals surface area (Å²) in [6.45, 7) is 3.63. The number of benzene rings is 1. The van der Waals surface area contributed by atoms with Crippen molar-refractivity contribution in [3.05, 3.63) is 33.8 Å². The largest absolute Gasteiger partial charge is 0.480 e. The lowest BCUT2D eigenvalue weighted by Crippen LogP contribution is -2.46. The van der Waals surface area contributed by atoms with Crippen LogP contribution >= 0.6 is 35.0 Å². The van der Waals surface area contributed by atoms with E-state index in [1.807, 2.05) is 19.9 Å². The zero-order valence-corrected chi connectivity index (χ0v) is 12.4. The third-order valence-electron chi connectivity index (χ3n) is 2.61. The fourth-order valence-electron chi connectivity index (χ4n) is 1.29. The van der Waals surface area contributed by atoms with Gasteiger partial charge in [0, 0.05) is 10.5 Å². The van der Waals surface area contributed by atoms with Gasteiger partial charge in [-0.1, -0.05) is 29.3 Å². The highest BCUT2D eigenvalue weighted by Crippen LogP contribution is 2.32. The van der Waals surface area contributed by atoms with Gasteiger partial charge in [0.15, 0.2) is 0 Å². The highest BCUT2D eigenvalue weighted by atomic mass is 35.5. The number of halogens is 2. The van der Waals surface area contributed by atoms with Gasteiger partial charge in [-0.15, -0.1) is 11.8 Å². The minimum absolute atomic E-state index is 0.495. The Morgan fingerprint density at radius 1 is 1.44 bits per heavy atom. The van der Waals surface area contributed by atoms with Gasteiger partial charge in [-0.25, -0.2) is 0 Å². The van der Waals surface area contributed by atoms with Crippen molar-refractivity contribution >= 4 is 40.9 Å². The number of thioether (sulfide) groups is 1. The Morgan fingerprint density at radius 3 is 2.56 bits per heavy atom. The molecule has 3 N–H and O–H groups in total. The molecule has 3 nitrogen and oxygen atoms in total. The lowest BCUT2D eigenvalue weighted by Gasteiger charge is -2.28. The minimum Gasteiger partial charge on any atom is -0.480 e. The first-order valence-corrected chi connectivity index (χ1v) is 7.04. The van der Waals surface area contributed by atoms with Crippen molar-refractivity contribution in [2.24, 2.45) is 5.73 Å². The molecular weight excluding hydrogens is 293 g/mol. The van der Waals surface area contributed by atoms with E-state index < -0.39 is 16.8 Å². The van der Waals surface area contributed by atoms with E-state index in [9.17, 15) is 4.79 Å². The number of carboxylic acid groups (broad SMARTS) is 1. The summed E-state index contributed by atoms with van der Waals surface area (Å²) in [6.07, 6.45) is 0. The third kappa shape index (κ3) is 4.05. The molecule has 0 saturated heterocycles. The molecule has 1 aromatic carbocycles. The molecule has 6 heteroatoms. The SMILES string of the molecule is CC(C)(SCc1ccc(Cl)c(Cl)c1)[C@@H](N)C(=O)O. The number of carboxylic acids is 1. The van der Waals surface area contributed by atoms with Crippen LogP contribution in [0.4, 0.5) is 0 Å². The van der Waals surface area contributed by atoms with Crippen LogP contribution in [0, 0.1) is 0 Å². The molecule has 1 aromatic rings. The maximum absolute atomic E-state index is 10.9. The predicted octanol–water partition coefficient (Wildman–Crippen LogP) is 3.42.